The second-order valence-corrected chi connectivity index (χ2v) is 7.78. The molecule has 4 rings (SSSR count). The molecule has 2 heterocycles. The summed E-state index contributed by atoms with van der Waals surface area (Å²) in [6.45, 7) is 4.27. The topological polar surface area (TPSA) is 96.3 Å². The molecule has 164 valence electrons. The second-order valence-electron chi connectivity index (χ2n) is 7.78. The number of para-hydroxylation sites is 2. The lowest BCUT2D eigenvalue weighted by atomic mass is 10.0. The molecule has 1 aliphatic heterocycles. The molecular formula is C24H25N5O3. The van der Waals surface area contributed by atoms with E-state index in [4.69, 9.17) is 0 Å². The van der Waals surface area contributed by atoms with Gasteiger partial charge in [-0.05, 0) is 50.5 Å². The van der Waals surface area contributed by atoms with Gasteiger partial charge in [0.15, 0.2) is 0 Å². The molecular weight excluding hydrogens is 406 g/mol. The molecule has 2 aromatic carbocycles. The van der Waals surface area contributed by atoms with E-state index in [2.05, 4.69) is 22.0 Å². The van der Waals surface area contributed by atoms with Crippen LogP contribution >= 0.6 is 0 Å². The van der Waals surface area contributed by atoms with Gasteiger partial charge in [0.25, 0.3) is 11.7 Å². The third-order valence-electron chi connectivity index (χ3n) is 5.58. The van der Waals surface area contributed by atoms with E-state index in [0.717, 1.165) is 30.8 Å². The molecule has 0 aliphatic carbocycles. The number of aromatic nitrogens is 2. The number of hydrogen-bond donors (Lipinski definition) is 2. The van der Waals surface area contributed by atoms with Gasteiger partial charge in [-0.1, -0.05) is 36.4 Å². The predicted molar refractivity (Wildman–Crippen MR) is 121 cm³/mol. The number of carbonyl (C=O) groups excluding carboxylic acids is 3. The molecule has 8 heteroatoms. The largest absolute Gasteiger partial charge is 0.362 e. The van der Waals surface area contributed by atoms with Crippen molar-refractivity contribution in [2.24, 2.45) is 0 Å². The Labute approximate surface area is 186 Å². The molecule has 0 spiro atoms. The van der Waals surface area contributed by atoms with Crippen molar-refractivity contribution < 1.29 is 14.4 Å². The molecule has 2 amide bonds. The Morgan fingerprint density at radius 1 is 0.969 bits per heavy atom. The maximum Gasteiger partial charge on any atom is 0.310 e. The minimum Gasteiger partial charge on any atom is -0.362 e. The smallest absolute Gasteiger partial charge is 0.310 e. The van der Waals surface area contributed by atoms with Gasteiger partial charge in [-0.25, -0.2) is 4.68 Å². The molecule has 0 bridgehead atoms. The van der Waals surface area contributed by atoms with E-state index in [1.165, 1.54) is 5.56 Å². The lowest BCUT2D eigenvalue weighted by molar-refractivity contribution is -0.125. The number of Topliss-reactive ketones (excluding diaryl/α,β-unsaturated/α-hetero) is 1. The first kappa shape index (κ1) is 21.3. The number of rotatable bonds is 5. The number of nitrogens with one attached hydrogen (secondary N) is 2. The highest BCUT2D eigenvalue weighted by Crippen LogP contribution is 2.26. The summed E-state index contributed by atoms with van der Waals surface area (Å²) >= 11 is 0. The van der Waals surface area contributed by atoms with Crippen molar-refractivity contribution in [3.63, 3.8) is 0 Å². The van der Waals surface area contributed by atoms with Crippen LogP contribution in [0.1, 0.15) is 33.7 Å². The number of anilines is 1. The Morgan fingerprint density at radius 2 is 1.69 bits per heavy atom. The van der Waals surface area contributed by atoms with Crippen LogP contribution in [0.5, 0.6) is 0 Å². The highest BCUT2D eigenvalue weighted by molar-refractivity contribution is 6.43. The maximum atomic E-state index is 12.8. The number of carbonyl (C=O) groups is 3. The normalized spacial score (nSPS) is 12.8. The highest BCUT2D eigenvalue weighted by atomic mass is 16.2. The number of hydrazine groups is 1. The lowest BCUT2D eigenvalue weighted by Gasteiger charge is -2.30. The third kappa shape index (κ3) is 4.25. The monoisotopic (exact) mass is 431 g/mol. The molecule has 0 saturated heterocycles. The van der Waals surface area contributed by atoms with Crippen molar-refractivity contribution in [3.8, 4) is 5.69 Å². The van der Waals surface area contributed by atoms with Gasteiger partial charge in [0.1, 0.15) is 0 Å². The first-order chi connectivity index (χ1) is 15.5. The lowest BCUT2D eigenvalue weighted by Crippen LogP contribution is -2.49. The number of benzene rings is 2. The van der Waals surface area contributed by atoms with Crippen molar-refractivity contribution in [2.75, 3.05) is 18.0 Å². The molecule has 2 N–H and O–H groups in total. The summed E-state index contributed by atoms with van der Waals surface area (Å²) in [6, 6.07) is 17.3. The van der Waals surface area contributed by atoms with E-state index in [-0.39, 0.29) is 12.1 Å². The number of hydrogen-bond acceptors (Lipinski definition) is 5. The van der Waals surface area contributed by atoms with Crippen LogP contribution in [0.4, 0.5) is 5.69 Å². The number of amides is 2. The van der Waals surface area contributed by atoms with Gasteiger partial charge >= 0.3 is 5.91 Å². The van der Waals surface area contributed by atoms with Crippen molar-refractivity contribution in [3.05, 3.63) is 77.1 Å². The summed E-state index contributed by atoms with van der Waals surface area (Å²) in [4.78, 5) is 39.6. The van der Waals surface area contributed by atoms with Crippen molar-refractivity contribution in [1.82, 2.24) is 20.6 Å². The molecule has 0 radical (unpaired) electrons. The van der Waals surface area contributed by atoms with E-state index < -0.39 is 17.6 Å². The summed E-state index contributed by atoms with van der Waals surface area (Å²) in [5.74, 6) is -2.04. The van der Waals surface area contributed by atoms with Gasteiger partial charge in [0.05, 0.1) is 29.2 Å². The van der Waals surface area contributed by atoms with Gasteiger partial charge in [-0.15, -0.1) is 0 Å². The van der Waals surface area contributed by atoms with Gasteiger partial charge in [0, 0.05) is 12.2 Å². The maximum absolute atomic E-state index is 12.8. The van der Waals surface area contributed by atoms with Crippen LogP contribution in [-0.4, -0.2) is 40.5 Å². The van der Waals surface area contributed by atoms with Gasteiger partial charge < -0.3 is 4.90 Å². The summed E-state index contributed by atoms with van der Waals surface area (Å²) in [5, 5.41) is 4.40. The van der Waals surface area contributed by atoms with Crippen molar-refractivity contribution in [2.45, 2.75) is 26.7 Å². The van der Waals surface area contributed by atoms with Gasteiger partial charge in [-0.2, -0.15) is 5.10 Å². The van der Waals surface area contributed by atoms with Crippen molar-refractivity contribution >= 4 is 23.3 Å². The van der Waals surface area contributed by atoms with Gasteiger partial charge in [-0.3, -0.25) is 25.2 Å². The summed E-state index contributed by atoms with van der Waals surface area (Å²) in [7, 11) is 0. The zero-order valence-corrected chi connectivity index (χ0v) is 18.1. The van der Waals surface area contributed by atoms with E-state index in [0.29, 0.717) is 11.4 Å². The fourth-order valence-electron chi connectivity index (χ4n) is 4.08. The van der Waals surface area contributed by atoms with E-state index >= 15 is 0 Å². The Hall–Kier alpha value is -3.94. The average Bonchev–Trinajstić information content (AvgIpc) is 3.11. The third-order valence-corrected chi connectivity index (χ3v) is 5.58. The molecule has 8 nitrogen and oxygen atoms in total. The average molecular weight is 431 g/mol. The van der Waals surface area contributed by atoms with Crippen molar-refractivity contribution in [1.29, 1.82) is 0 Å². The first-order valence-electron chi connectivity index (χ1n) is 10.5. The van der Waals surface area contributed by atoms with Crippen LogP contribution in [0.3, 0.4) is 0 Å². The zero-order chi connectivity index (χ0) is 22.7. The molecule has 0 unspecified atom stereocenters. The SMILES string of the molecule is Cc1nn(-c2ccccc2)c(C)c1C(=O)C(=O)NNC(=O)CN1CCCc2ccccc21. The number of fused-ring (bicyclic) bond motifs is 1. The molecule has 0 saturated carbocycles. The minimum absolute atomic E-state index is 0.0927. The van der Waals surface area contributed by atoms with Crippen LogP contribution in [0.15, 0.2) is 54.6 Å². The first-order valence-corrected chi connectivity index (χ1v) is 10.5. The Morgan fingerprint density at radius 3 is 2.47 bits per heavy atom. The zero-order valence-electron chi connectivity index (χ0n) is 18.1. The van der Waals surface area contributed by atoms with Crippen LogP contribution < -0.4 is 15.8 Å². The highest BCUT2D eigenvalue weighted by Gasteiger charge is 2.26. The molecule has 0 fully saturated rings. The fraction of sp³-hybridized carbons (Fsp3) is 0.250. The van der Waals surface area contributed by atoms with E-state index in [9.17, 15) is 14.4 Å². The van der Waals surface area contributed by atoms with E-state index in [1.807, 2.05) is 53.4 Å². The van der Waals surface area contributed by atoms with Gasteiger partial charge in [0.2, 0.25) is 0 Å². The van der Waals surface area contributed by atoms with E-state index in [1.54, 1.807) is 18.5 Å². The number of ketones is 1. The quantitative estimate of drug-likeness (QED) is 0.367. The minimum atomic E-state index is -0.906. The Balaban J connectivity index is 1.39. The summed E-state index contributed by atoms with van der Waals surface area (Å²) in [6.07, 6.45) is 1.94. The Bertz CT molecular complexity index is 1170. The van der Waals surface area contributed by atoms with Crippen LogP contribution in [0.25, 0.3) is 5.69 Å². The number of aryl methyl sites for hydroxylation is 2. The van der Waals surface area contributed by atoms with Crippen LogP contribution in [0, 0.1) is 13.8 Å². The second kappa shape index (κ2) is 9.05. The summed E-state index contributed by atoms with van der Waals surface area (Å²) in [5.41, 5.74) is 8.86. The Kier molecular flexibility index (Phi) is 6.02. The standard InChI is InChI=1S/C24H25N5O3/c1-16-22(17(2)29(27-16)19-11-4-3-5-12-19)23(31)24(32)26-25-21(30)15-28-14-8-10-18-9-6-7-13-20(18)28/h3-7,9,11-13H,8,10,14-15H2,1-2H3,(H,25,30)(H,26,32). The van der Waals surface area contributed by atoms with Crippen LogP contribution in [0.2, 0.25) is 0 Å². The summed E-state index contributed by atoms with van der Waals surface area (Å²) < 4.78 is 1.63. The van der Waals surface area contributed by atoms with Crippen LogP contribution in [-0.2, 0) is 16.0 Å². The molecule has 0 atom stereocenters. The molecule has 1 aromatic heterocycles. The fourth-order valence-corrected chi connectivity index (χ4v) is 4.08. The molecule has 3 aromatic rings. The molecule has 1 aliphatic rings. The predicted octanol–water partition coefficient (Wildman–Crippen LogP) is 2.27. The molecule has 32 heavy (non-hydrogen) atoms. The number of nitrogens with zero attached hydrogens (tertiary/aromatic N) is 3.